The van der Waals surface area contributed by atoms with Gasteiger partial charge in [0.25, 0.3) is 0 Å². The maximum atomic E-state index is 6.10. The summed E-state index contributed by atoms with van der Waals surface area (Å²) in [4.78, 5) is 8.52. The molecule has 138 valence electrons. The van der Waals surface area contributed by atoms with Gasteiger partial charge in [-0.3, -0.25) is 9.74 Å². The zero-order valence-corrected chi connectivity index (χ0v) is 15.1. The normalized spacial score (nSPS) is 29.5. The Morgan fingerprint density at radius 1 is 1.00 bits per heavy atom. The fraction of sp³-hybridized carbons (Fsp3) is 0.600. The van der Waals surface area contributed by atoms with Crippen molar-refractivity contribution in [2.75, 3.05) is 13.2 Å². The summed E-state index contributed by atoms with van der Waals surface area (Å²) < 4.78 is 6.10. The second kappa shape index (κ2) is 7.10. The van der Waals surface area contributed by atoms with Crippen molar-refractivity contribution in [1.29, 1.82) is 0 Å². The van der Waals surface area contributed by atoms with Gasteiger partial charge in [0.15, 0.2) is 0 Å². The number of hydrogen-bond donors (Lipinski definition) is 0. The maximum absolute atomic E-state index is 6.10. The Morgan fingerprint density at radius 2 is 1.81 bits per heavy atom. The average molecular weight is 354 g/mol. The Labute approximate surface area is 154 Å². The molecule has 2 aromatic rings. The van der Waals surface area contributed by atoms with Gasteiger partial charge in [-0.2, -0.15) is 5.06 Å². The molecule has 6 nitrogen and oxygen atoms in total. The number of nitrogens with zero attached hydrogens (tertiary/aromatic N) is 4. The molecule has 3 atom stereocenters. The molecule has 0 N–H and O–H groups in total. The predicted molar refractivity (Wildman–Crippen MR) is 95.9 cm³/mol. The lowest BCUT2D eigenvalue weighted by molar-refractivity contribution is -0.182. The highest BCUT2D eigenvalue weighted by molar-refractivity contribution is 5.13. The van der Waals surface area contributed by atoms with Crippen LogP contribution in [-0.4, -0.2) is 39.4 Å². The molecule has 1 unspecified atom stereocenters. The molecule has 0 radical (unpaired) electrons. The third kappa shape index (κ3) is 3.17. The monoisotopic (exact) mass is 354 g/mol. The van der Waals surface area contributed by atoms with Crippen LogP contribution in [0.4, 0.5) is 0 Å². The standard InChI is InChI=1S/C20H26N4O2/c1-2-6-15(7-3-1)13-25-24-14-23-12-17(24)10-11-18(23)20-22-21-19(26-20)16-8-4-5-9-16/h1-3,6-7,16-18H,4-5,8-14H2/t17-,18+/m1/s1. The van der Waals surface area contributed by atoms with Crippen LogP contribution in [0.3, 0.4) is 0 Å². The lowest BCUT2D eigenvalue weighted by atomic mass is 10.0. The zero-order valence-electron chi connectivity index (χ0n) is 15.1. The lowest BCUT2D eigenvalue weighted by Gasteiger charge is -2.28. The molecule has 6 heteroatoms. The summed E-state index contributed by atoms with van der Waals surface area (Å²) in [5.41, 5.74) is 1.21. The minimum absolute atomic E-state index is 0.235. The van der Waals surface area contributed by atoms with Crippen LogP contribution in [0.1, 0.15) is 67.8 Å². The van der Waals surface area contributed by atoms with Crippen LogP contribution in [-0.2, 0) is 11.4 Å². The number of aromatic nitrogens is 2. The van der Waals surface area contributed by atoms with E-state index in [4.69, 9.17) is 9.25 Å². The molecule has 2 saturated heterocycles. The van der Waals surface area contributed by atoms with Gasteiger partial charge in [0.1, 0.15) is 0 Å². The smallest absolute Gasteiger partial charge is 0.233 e. The fourth-order valence-electron chi connectivity index (χ4n) is 4.58. The first-order valence-electron chi connectivity index (χ1n) is 9.87. The van der Waals surface area contributed by atoms with Crippen LogP contribution in [0.25, 0.3) is 0 Å². The van der Waals surface area contributed by atoms with Crippen LogP contribution < -0.4 is 0 Å². The van der Waals surface area contributed by atoms with Gasteiger partial charge in [-0.05, 0) is 31.2 Å². The summed E-state index contributed by atoms with van der Waals surface area (Å²) in [5, 5.41) is 10.9. The Bertz CT molecular complexity index is 728. The highest BCUT2D eigenvalue weighted by Crippen LogP contribution is 2.39. The van der Waals surface area contributed by atoms with E-state index in [1.165, 1.54) is 31.2 Å². The molecule has 0 spiro atoms. The van der Waals surface area contributed by atoms with Crippen LogP contribution in [0, 0.1) is 0 Å². The van der Waals surface area contributed by atoms with Crippen LogP contribution in [0.15, 0.2) is 34.7 Å². The van der Waals surface area contributed by atoms with Crippen LogP contribution >= 0.6 is 0 Å². The first-order valence-corrected chi connectivity index (χ1v) is 9.87. The maximum Gasteiger partial charge on any atom is 0.233 e. The third-order valence-corrected chi connectivity index (χ3v) is 6.07. The topological polar surface area (TPSA) is 54.6 Å². The lowest BCUT2D eigenvalue weighted by Crippen LogP contribution is -2.33. The number of hydroxylamine groups is 2. The third-order valence-electron chi connectivity index (χ3n) is 6.07. The van der Waals surface area contributed by atoms with Crippen molar-refractivity contribution in [2.45, 2.75) is 63.1 Å². The molecule has 2 bridgehead atoms. The second-order valence-electron chi connectivity index (χ2n) is 7.80. The first kappa shape index (κ1) is 16.4. The quantitative estimate of drug-likeness (QED) is 0.817. The van der Waals surface area contributed by atoms with Crippen molar-refractivity contribution in [1.82, 2.24) is 20.2 Å². The Morgan fingerprint density at radius 3 is 2.65 bits per heavy atom. The van der Waals surface area contributed by atoms with Crippen molar-refractivity contribution in [3.05, 3.63) is 47.7 Å². The SMILES string of the molecule is c1ccc(CON2CN3C[C@H]2CC[C@H]3c2nnc(C3CCCC3)o2)cc1. The molecule has 26 heavy (non-hydrogen) atoms. The van der Waals surface area contributed by atoms with E-state index in [0.29, 0.717) is 18.6 Å². The molecule has 1 aromatic heterocycles. The highest BCUT2D eigenvalue weighted by Gasteiger charge is 2.42. The summed E-state index contributed by atoms with van der Waals surface area (Å²) in [6, 6.07) is 11.1. The average Bonchev–Trinajstić information content (AvgIpc) is 3.42. The van der Waals surface area contributed by atoms with Crippen LogP contribution in [0.5, 0.6) is 0 Å². The molecule has 1 saturated carbocycles. The summed E-state index contributed by atoms with van der Waals surface area (Å²) in [5.74, 6) is 2.14. The number of fused-ring (bicyclic) bond motifs is 2. The van der Waals surface area contributed by atoms with E-state index in [-0.39, 0.29) is 6.04 Å². The largest absolute Gasteiger partial charge is 0.423 e. The molecule has 1 aliphatic carbocycles. The van der Waals surface area contributed by atoms with E-state index < -0.39 is 0 Å². The minimum atomic E-state index is 0.235. The molecule has 5 rings (SSSR count). The molecule has 3 heterocycles. The number of piperidine rings is 1. The number of rotatable bonds is 5. The molecular weight excluding hydrogens is 328 g/mol. The van der Waals surface area contributed by atoms with Gasteiger partial charge in [0.05, 0.1) is 19.3 Å². The van der Waals surface area contributed by atoms with E-state index in [9.17, 15) is 0 Å². The van der Waals surface area contributed by atoms with Crippen molar-refractivity contribution >= 4 is 0 Å². The summed E-state index contributed by atoms with van der Waals surface area (Å²) in [6.45, 7) is 2.45. The van der Waals surface area contributed by atoms with Gasteiger partial charge < -0.3 is 4.42 Å². The predicted octanol–water partition coefficient (Wildman–Crippen LogP) is 3.64. The number of hydrogen-bond acceptors (Lipinski definition) is 6. The van der Waals surface area contributed by atoms with Crippen molar-refractivity contribution < 1.29 is 9.25 Å². The van der Waals surface area contributed by atoms with E-state index >= 15 is 0 Å². The van der Waals surface area contributed by atoms with E-state index in [1.807, 2.05) is 6.07 Å². The zero-order chi connectivity index (χ0) is 17.3. The molecule has 3 fully saturated rings. The van der Waals surface area contributed by atoms with Crippen LogP contribution in [0.2, 0.25) is 0 Å². The fourth-order valence-corrected chi connectivity index (χ4v) is 4.58. The van der Waals surface area contributed by atoms with Gasteiger partial charge in [-0.15, -0.1) is 10.2 Å². The number of benzene rings is 1. The van der Waals surface area contributed by atoms with Gasteiger partial charge in [-0.1, -0.05) is 43.2 Å². The second-order valence-corrected chi connectivity index (χ2v) is 7.80. The van der Waals surface area contributed by atoms with Gasteiger partial charge in [-0.25, -0.2) is 0 Å². The van der Waals surface area contributed by atoms with E-state index in [1.54, 1.807) is 0 Å². The Balaban J connectivity index is 1.22. The molecule has 0 amide bonds. The van der Waals surface area contributed by atoms with Gasteiger partial charge in [0, 0.05) is 18.5 Å². The van der Waals surface area contributed by atoms with Crippen molar-refractivity contribution in [3.8, 4) is 0 Å². The summed E-state index contributed by atoms with van der Waals surface area (Å²) in [7, 11) is 0. The highest BCUT2D eigenvalue weighted by atomic mass is 16.7. The minimum Gasteiger partial charge on any atom is -0.423 e. The van der Waals surface area contributed by atoms with Gasteiger partial charge in [0.2, 0.25) is 11.8 Å². The van der Waals surface area contributed by atoms with Gasteiger partial charge >= 0.3 is 0 Å². The Hall–Kier alpha value is -1.76. The molecule has 1 aromatic carbocycles. The molecule has 3 aliphatic rings. The Kier molecular flexibility index (Phi) is 4.48. The summed E-state index contributed by atoms with van der Waals surface area (Å²) in [6.07, 6.45) is 7.12. The molecule has 2 aliphatic heterocycles. The molecular formula is C20H26N4O2. The van der Waals surface area contributed by atoms with Crippen molar-refractivity contribution in [3.63, 3.8) is 0 Å². The summed E-state index contributed by atoms with van der Waals surface area (Å²) >= 11 is 0. The van der Waals surface area contributed by atoms with E-state index in [0.717, 1.165) is 37.8 Å². The first-order chi connectivity index (χ1) is 12.9. The van der Waals surface area contributed by atoms with Crippen molar-refractivity contribution in [2.24, 2.45) is 0 Å². The van der Waals surface area contributed by atoms with E-state index in [2.05, 4.69) is 44.4 Å².